The zero-order valence-corrected chi connectivity index (χ0v) is 26.0. The first kappa shape index (κ1) is 32.6. The van der Waals surface area contributed by atoms with E-state index in [2.05, 4.69) is 53.2 Å². The van der Waals surface area contributed by atoms with Crippen LogP contribution in [0.5, 0.6) is 5.75 Å². The Hall–Kier alpha value is -2.91. The molecule has 0 aliphatic carbocycles. The molecule has 0 atom stereocenters. The zero-order valence-electron chi connectivity index (χ0n) is 25.2. The maximum absolute atomic E-state index is 12.7. The predicted molar refractivity (Wildman–Crippen MR) is 172 cm³/mol. The maximum Gasteiger partial charge on any atom is 0.222 e. The Morgan fingerprint density at radius 3 is 2.34 bits per heavy atom. The number of aromatic hydroxyl groups is 1. The van der Waals surface area contributed by atoms with E-state index in [1.165, 1.54) is 23.2 Å². The number of nitrogens with two attached hydrogens (primary N) is 2. The summed E-state index contributed by atoms with van der Waals surface area (Å²) in [6, 6.07) is 14.8. The zero-order chi connectivity index (χ0) is 29.6. The molecule has 226 valence electrons. The molecule has 0 spiro atoms. The van der Waals surface area contributed by atoms with Gasteiger partial charge in [0.1, 0.15) is 5.75 Å². The lowest BCUT2D eigenvalue weighted by molar-refractivity contribution is -0.132. The van der Waals surface area contributed by atoms with Crippen LogP contribution < -0.4 is 16.4 Å². The summed E-state index contributed by atoms with van der Waals surface area (Å²) in [5.74, 6) is 0.655. The number of piperidine rings is 1. The van der Waals surface area contributed by atoms with Crippen molar-refractivity contribution in [2.45, 2.75) is 96.2 Å². The van der Waals surface area contributed by atoms with Crippen molar-refractivity contribution in [2.75, 3.05) is 31.1 Å². The van der Waals surface area contributed by atoms with Crippen LogP contribution in [0, 0.1) is 0 Å². The average Bonchev–Trinajstić information content (AvgIpc) is 3.36. The maximum atomic E-state index is 12.7. The van der Waals surface area contributed by atoms with Crippen LogP contribution in [0.3, 0.4) is 0 Å². The van der Waals surface area contributed by atoms with Crippen LogP contribution in [0.15, 0.2) is 52.4 Å². The Bertz CT molecular complexity index is 1100. The fourth-order valence-electron chi connectivity index (χ4n) is 5.28. The molecule has 0 saturated carbocycles. The number of amides is 1. The number of guanidine groups is 1. The van der Waals surface area contributed by atoms with Crippen LogP contribution in [0.1, 0.15) is 83.3 Å². The van der Waals surface area contributed by atoms with Gasteiger partial charge in [-0.25, -0.2) is 4.31 Å². The van der Waals surface area contributed by atoms with E-state index in [4.69, 9.17) is 11.5 Å². The Morgan fingerprint density at radius 2 is 1.68 bits per heavy atom. The van der Waals surface area contributed by atoms with Crippen molar-refractivity contribution in [1.29, 1.82) is 0 Å². The minimum absolute atomic E-state index is 0.111. The number of carbonyl (C=O) groups excluding carboxylic acids is 1. The first-order valence-electron chi connectivity index (χ1n) is 15.3. The van der Waals surface area contributed by atoms with E-state index in [1.54, 1.807) is 24.1 Å². The lowest BCUT2D eigenvalue weighted by Gasteiger charge is -2.40. The van der Waals surface area contributed by atoms with Crippen LogP contribution >= 0.6 is 11.9 Å². The summed E-state index contributed by atoms with van der Waals surface area (Å²) in [5, 5.41) is 9.56. The van der Waals surface area contributed by atoms with Gasteiger partial charge in [0, 0.05) is 62.3 Å². The molecule has 0 radical (unpaired) electrons. The molecule has 1 amide bonds. The van der Waals surface area contributed by atoms with Crippen molar-refractivity contribution in [1.82, 2.24) is 9.21 Å². The normalized spacial score (nSPS) is 15.1. The average molecular weight is 583 g/mol. The van der Waals surface area contributed by atoms with E-state index in [-0.39, 0.29) is 11.9 Å². The first-order chi connectivity index (χ1) is 19.8. The van der Waals surface area contributed by atoms with Crippen molar-refractivity contribution < 1.29 is 9.90 Å². The molecule has 2 heterocycles. The number of likely N-dealkylation sites (tertiary alicyclic amines) is 1. The number of fused-ring (bicyclic) bond motifs is 1. The number of nitrogens with zero attached hydrogens (tertiary/aromatic N) is 4. The summed E-state index contributed by atoms with van der Waals surface area (Å²) in [7, 11) is 0. The Labute approximate surface area is 251 Å². The van der Waals surface area contributed by atoms with E-state index in [1.807, 2.05) is 17.0 Å². The molecule has 4 rings (SSSR count). The number of carbonyl (C=O) groups is 1. The predicted octanol–water partition coefficient (Wildman–Crippen LogP) is 5.87. The molecule has 0 bridgehead atoms. The second-order valence-corrected chi connectivity index (χ2v) is 12.1. The lowest BCUT2D eigenvalue weighted by Crippen LogP contribution is -2.47. The summed E-state index contributed by atoms with van der Waals surface area (Å²) in [5.41, 5.74) is 14.8. The molecular weight excluding hydrogens is 532 g/mol. The van der Waals surface area contributed by atoms with Gasteiger partial charge in [0.25, 0.3) is 0 Å². The van der Waals surface area contributed by atoms with Gasteiger partial charge in [-0.1, -0.05) is 39.7 Å². The van der Waals surface area contributed by atoms with Crippen molar-refractivity contribution in [3.63, 3.8) is 0 Å². The summed E-state index contributed by atoms with van der Waals surface area (Å²) >= 11 is 1.74. The standard InChI is InChI=1S/C29H42N6O2S.C3H8/c1-2-3-16-35(24-13-17-33(18-14-24)28(37)6-4-5-15-32-29(30)31)25-8-7-22-20-34(21-23(22)19-25)38-27-11-9-26(36)10-12-27;1-3-2/h7-12,19,24,36H,2-6,13-18,20-21H2,1H3,(H4,30,31,32);3H2,1-2H3. The molecule has 0 unspecified atom stereocenters. The SMILES string of the molecule is CCC.CCCCN(c1ccc2c(c1)CN(Sc1ccc(O)cc1)C2)C1CCN(C(=O)CCCCN=C(N)N)CC1. The molecule has 2 aliphatic heterocycles. The lowest BCUT2D eigenvalue weighted by atomic mass is 10.00. The number of phenolic OH excluding ortho intramolecular Hbond substituents is 1. The highest BCUT2D eigenvalue weighted by atomic mass is 32.2. The summed E-state index contributed by atoms with van der Waals surface area (Å²) in [6.45, 7) is 11.6. The fraction of sp³-hybridized carbons (Fsp3) is 0.562. The number of hydrogen-bond acceptors (Lipinski definition) is 6. The Kier molecular flexibility index (Phi) is 13.6. The van der Waals surface area contributed by atoms with Crippen LogP contribution in [0.4, 0.5) is 5.69 Å². The molecule has 9 heteroatoms. The van der Waals surface area contributed by atoms with E-state index in [9.17, 15) is 9.90 Å². The van der Waals surface area contributed by atoms with Gasteiger partial charge in [-0.3, -0.25) is 9.79 Å². The van der Waals surface area contributed by atoms with Crippen LogP contribution in [0.25, 0.3) is 0 Å². The van der Waals surface area contributed by atoms with Crippen molar-refractivity contribution >= 4 is 29.5 Å². The highest BCUT2D eigenvalue weighted by molar-refractivity contribution is 7.97. The summed E-state index contributed by atoms with van der Waals surface area (Å²) < 4.78 is 2.37. The monoisotopic (exact) mass is 582 g/mol. The number of anilines is 1. The molecule has 8 nitrogen and oxygen atoms in total. The molecule has 2 aliphatic rings. The summed E-state index contributed by atoms with van der Waals surface area (Å²) in [6.07, 6.45) is 7.79. The third kappa shape index (κ3) is 10.5. The topological polar surface area (TPSA) is 111 Å². The number of benzene rings is 2. The smallest absolute Gasteiger partial charge is 0.222 e. The van der Waals surface area contributed by atoms with Crippen LogP contribution in [-0.2, 0) is 17.9 Å². The van der Waals surface area contributed by atoms with Gasteiger partial charge in [0.05, 0.1) is 0 Å². The largest absolute Gasteiger partial charge is 0.508 e. The third-order valence-electron chi connectivity index (χ3n) is 7.39. The molecule has 5 N–H and O–H groups in total. The summed E-state index contributed by atoms with van der Waals surface area (Å²) in [4.78, 5) is 22.5. The van der Waals surface area contributed by atoms with Crippen LogP contribution in [0.2, 0.25) is 0 Å². The van der Waals surface area contributed by atoms with Gasteiger partial charge >= 0.3 is 0 Å². The second kappa shape index (κ2) is 17.1. The molecule has 1 saturated heterocycles. The third-order valence-corrected chi connectivity index (χ3v) is 8.39. The molecule has 41 heavy (non-hydrogen) atoms. The number of phenols is 1. The molecule has 0 aromatic heterocycles. The van der Waals surface area contributed by atoms with Crippen LogP contribution in [-0.4, -0.2) is 58.4 Å². The van der Waals surface area contributed by atoms with Crippen molar-refractivity contribution in [2.24, 2.45) is 16.5 Å². The molecular formula is C32H50N6O2S. The van der Waals surface area contributed by atoms with E-state index >= 15 is 0 Å². The van der Waals surface area contributed by atoms with Gasteiger partial charge < -0.3 is 26.4 Å². The van der Waals surface area contributed by atoms with Gasteiger partial charge in [-0.2, -0.15) is 0 Å². The molecule has 1 fully saturated rings. The molecule has 2 aromatic carbocycles. The van der Waals surface area contributed by atoms with Gasteiger partial charge in [0.15, 0.2) is 5.96 Å². The minimum atomic E-state index is 0.111. The van der Waals surface area contributed by atoms with Gasteiger partial charge in [-0.05, 0) is 91.6 Å². The fourth-order valence-corrected chi connectivity index (χ4v) is 6.24. The van der Waals surface area contributed by atoms with Gasteiger partial charge in [0.2, 0.25) is 5.91 Å². The highest BCUT2D eigenvalue weighted by Crippen LogP contribution is 2.36. The quantitative estimate of drug-likeness (QED) is 0.124. The number of rotatable bonds is 12. The van der Waals surface area contributed by atoms with Gasteiger partial charge in [-0.15, -0.1) is 0 Å². The Balaban J connectivity index is 0.00000147. The Morgan fingerprint density at radius 1 is 1.00 bits per heavy atom. The number of unbranched alkanes of at least 4 members (excludes halogenated alkanes) is 2. The van der Waals surface area contributed by atoms with Crippen molar-refractivity contribution in [3.05, 3.63) is 53.6 Å². The van der Waals surface area contributed by atoms with E-state index < -0.39 is 0 Å². The minimum Gasteiger partial charge on any atom is -0.508 e. The highest BCUT2D eigenvalue weighted by Gasteiger charge is 2.28. The number of aliphatic imine (C=N–C) groups is 1. The first-order valence-corrected chi connectivity index (χ1v) is 16.0. The van der Waals surface area contributed by atoms with E-state index in [0.29, 0.717) is 24.8 Å². The van der Waals surface area contributed by atoms with E-state index in [0.717, 1.165) is 76.1 Å². The molecule has 2 aromatic rings. The second-order valence-electron chi connectivity index (χ2n) is 11.0. The van der Waals surface area contributed by atoms with Crippen molar-refractivity contribution in [3.8, 4) is 5.75 Å². The number of hydrogen-bond donors (Lipinski definition) is 3.